The summed E-state index contributed by atoms with van der Waals surface area (Å²) in [6, 6.07) is 17.1. The number of carbonyl (C=O) groups excluding carboxylic acids is 1. The van der Waals surface area contributed by atoms with Crippen LogP contribution >= 0.6 is 11.8 Å². The number of thioether (sulfide) groups is 1. The number of ether oxygens (including phenoxy) is 1. The number of nitrogens with one attached hydrogen (secondary N) is 1. The minimum absolute atomic E-state index is 0.159. The molecule has 0 spiro atoms. The van der Waals surface area contributed by atoms with E-state index in [1.165, 1.54) is 0 Å². The Morgan fingerprint density at radius 1 is 1.11 bits per heavy atom. The van der Waals surface area contributed by atoms with E-state index in [2.05, 4.69) is 15.3 Å². The van der Waals surface area contributed by atoms with Gasteiger partial charge in [-0.1, -0.05) is 18.2 Å². The van der Waals surface area contributed by atoms with E-state index in [-0.39, 0.29) is 12.0 Å². The van der Waals surface area contributed by atoms with Gasteiger partial charge in [-0.2, -0.15) is 0 Å². The standard InChI is InChI=1S/C22H21N3O2S/c26-22(18-7-1-2-9-20(18)28-15-17-6-5-13-27-17)25-21-11-10-16(14-24-21)19-8-3-4-12-23-19/h1-4,7-12,14,17H,5-6,13,15H2,(H,24,25,26)/t17-/m0/s1. The van der Waals surface area contributed by atoms with E-state index >= 15 is 0 Å². The van der Waals surface area contributed by atoms with Crippen LogP contribution in [0, 0.1) is 0 Å². The zero-order chi connectivity index (χ0) is 19.2. The van der Waals surface area contributed by atoms with Crippen molar-refractivity contribution in [3.05, 3.63) is 72.6 Å². The maximum Gasteiger partial charge on any atom is 0.257 e. The summed E-state index contributed by atoms with van der Waals surface area (Å²) in [6.07, 6.45) is 5.95. The van der Waals surface area contributed by atoms with Crippen molar-refractivity contribution in [2.24, 2.45) is 0 Å². The Labute approximate surface area is 168 Å². The van der Waals surface area contributed by atoms with Crippen LogP contribution in [-0.2, 0) is 4.74 Å². The van der Waals surface area contributed by atoms with Gasteiger partial charge >= 0.3 is 0 Å². The molecule has 1 saturated heterocycles. The van der Waals surface area contributed by atoms with Gasteiger partial charge in [0.25, 0.3) is 5.91 Å². The normalized spacial score (nSPS) is 16.1. The molecular weight excluding hydrogens is 370 g/mol. The van der Waals surface area contributed by atoms with E-state index < -0.39 is 0 Å². The van der Waals surface area contributed by atoms with Crippen molar-refractivity contribution >= 4 is 23.5 Å². The average molecular weight is 391 g/mol. The number of pyridine rings is 2. The van der Waals surface area contributed by atoms with Gasteiger partial charge in [0.2, 0.25) is 0 Å². The quantitative estimate of drug-likeness (QED) is 0.619. The largest absolute Gasteiger partial charge is 0.377 e. The highest BCUT2D eigenvalue weighted by Gasteiger charge is 2.18. The fourth-order valence-corrected chi connectivity index (χ4v) is 4.19. The Kier molecular flexibility index (Phi) is 5.99. The second kappa shape index (κ2) is 8.99. The smallest absolute Gasteiger partial charge is 0.257 e. The molecule has 0 saturated carbocycles. The van der Waals surface area contributed by atoms with Crippen LogP contribution in [-0.4, -0.2) is 34.3 Å². The Morgan fingerprint density at radius 2 is 2.00 bits per heavy atom. The first-order valence-corrected chi connectivity index (χ1v) is 10.3. The predicted molar refractivity (Wildman–Crippen MR) is 112 cm³/mol. The molecule has 3 aromatic rings. The number of rotatable bonds is 6. The van der Waals surface area contributed by atoms with Crippen molar-refractivity contribution in [1.29, 1.82) is 0 Å². The number of hydrogen-bond acceptors (Lipinski definition) is 5. The summed E-state index contributed by atoms with van der Waals surface area (Å²) in [5, 5.41) is 2.89. The van der Waals surface area contributed by atoms with Gasteiger partial charge in [-0.15, -0.1) is 11.8 Å². The molecule has 1 aliphatic heterocycles. The minimum atomic E-state index is -0.159. The molecular formula is C22H21N3O2S. The summed E-state index contributed by atoms with van der Waals surface area (Å²) in [6.45, 7) is 0.841. The molecule has 2 aromatic heterocycles. The molecule has 0 bridgehead atoms. The van der Waals surface area contributed by atoms with E-state index in [0.29, 0.717) is 11.4 Å². The second-order valence-electron chi connectivity index (χ2n) is 6.54. The molecule has 142 valence electrons. The predicted octanol–water partition coefficient (Wildman–Crippen LogP) is 4.67. The first kappa shape index (κ1) is 18.7. The van der Waals surface area contributed by atoms with E-state index in [4.69, 9.17) is 4.74 Å². The maximum atomic E-state index is 12.8. The molecule has 1 aliphatic rings. The molecule has 5 nitrogen and oxygen atoms in total. The first-order chi connectivity index (χ1) is 13.8. The van der Waals surface area contributed by atoms with Crippen LogP contribution in [0.4, 0.5) is 5.82 Å². The fraction of sp³-hybridized carbons (Fsp3) is 0.227. The summed E-state index contributed by atoms with van der Waals surface area (Å²) in [5.74, 6) is 1.22. The van der Waals surface area contributed by atoms with Crippen molar-refractivity contribution in [1.82, 2.24) is 9.97 Å². The Morgan fingerprint density at radius 3 is 2.75 bits per heavy atom. The SMILES string of the molecule is O=C(Nc1ccc(-c2ccccn2)cn1)c1ccccc1SC[C@@H]1CCCO1. The molecule has 0 unspecified atom stereocenters. The zero-order valence-electron chi connectivity index (χ0n) is 15.4. The van der Waals surface area contributed by atoms with Crippen molar-refractivity contribution < 1.29 is 9.53 Å². The fourth-order valence-electron chi connectivity index (χ4n) is 3.08. The molecule has 1 aromatic carbocycles. The van der Waals surface area contributed by atoms with Gasteiger partial charge in [0.1, 0.15) is 5.82 Å². The molecule has 28 heavy (non-hydrogen) atoms. The third-order valence-electron chi connectivity index (χ3n) is 4.55. The van der Waals surface area contributed by atoms with Crippen LogP contribution in [0.5, 0.6) is 0 Å². The molecule has 0 radical (unpaired) electrons. The van der Waals surface area contributed by atoms with Crippen LogP contribution in [0.1, 0.15) is 23.2 Å². The van der Waals surface area contributed by atoms with E-state index in [1.807, 2.05) is 48.5 Å². The summed E-state index contributed by atoms with van der Waals surface area (Å²) in [7, 11) is 0. The number of anilines is 1. The highest BCUT2D eigenvalue weighted by atomic mass is 32.2. The van der Waals surface area contributed by atoms with Gasteiger partial charge in [0.05, 0.1) is 17.4 Å². The van der Waals surface area contributed by atoms with Gasteiger partial charge in [-0.25, -0.2) is 4.98 Å². The molecule has 1 fully saturated rings. The van der Waals surface area contributed by atoms with Crippen molar-refractivity contribution in [3.8, 4) is 11.3 Å². The van der Waals surface area contributed by atoms with Gasteiger partial charge < -0.3 is 10.1 Å². The average Bonchev–Trinajstić information content (AvgIpc) is 3.27. The summed E-state index contributed by atoms with van der Waals surface area (Å²) < 4.78 is 5.68. The van der Waals surface area contributed by atoms with E-state index in [0.717, 1.165) is 41.4 Å². The molecule has 0 aliphatic carbocycles. The van der Waals surface area contributed by atoms with Crippen molar-refractivity contribution in [3.63, 3.8) is 0 Å². The van der Waals surface area contributed by atoms with Crippen molar-refractivity contribution in [2.45, 2.75) is 23.8 Å². The molecule has 4 rings (SSSR count). The monoisotopic (exact) mass is 391 g/mol. The van der Waals surface area contributed by atoms with Crippen LogP contribution in [0.2, 0.25) is 0 Å². The highest BCUT2D eigenvalue weighted by molar-refractivity contribution is 7.99. The third-order valence-corrected chi connectivity index (χ3v) is 5.75. The number of nitrogens with zero attached hydrogens (tertiary/aromatic N) is 2. The topological polar surface area (TPSA) is 64.1 Å². The Balaban J connectivity index is 1.43. The van der Waals surface area contributed by atoms with Crippen LogP contribution in [0.15, 0.2) is 71.9 Å². The number of hydrogen-bond donors (Lipinski definition) is 1. The first-order valence-electron chi connectivity index (χ1n) is 9.32. The minimum Gasteiger partial charge on any atom is -0.377 e. The number of benzene rings is 1. The molecule has 1 N–H and O–H groups in total. The van der Waals surface area contributed by atoms with E-state index in [1.54, 1.807) is 30.2 Å². The van der Waals surface area contributed by atoms with Gasteiger partial charge in [0.15, 0.2) is 0 Å². The lowest BCUT2D eigenvalue weighted by Crippen LogP contribution is -2.14. The lowest BCUT2D eigenvalue weighted by atomic mass is 10.2. The Bertz CT molecular complexity index is 926. The number of carbonyl (C=O) groups is 1. The second-order valence-corrected chi connectivity index (χ2v) is 7.61. The lowest BCUT2D eigenvalue weighted by molar-refractivity contribution is 0.102. The van der Waals surface area contributed by atoms with Crippen LogP contribution in [0.3, 0.4) is 0 Å². The zero-order valence-corrected chi connectivity index (χ0v) is 16.2. The summed E-state index contributed by atoms with van der Waals surface area (Å²) in [4.78, 5) is 22.4. The highest BCUT2D eigenvalue weighted by Crippen LogP contribution is 2.27. The van der Waals surface area contributed by atoms with Gasteiger partial charge in [0, 0.05) is 35.2 Å². The summed E-state index contributed by atoms with van der Waals surface area (Å²) >= 11 is 1.67. The summed E-state index contributed by atoms with van der Waals surface area (Å²) in [5.41, 5.74) is 2.41. The third kappa shape index (κ3) is 4.58. The molecule has 1 atom stereocenters. The van der Waals surface area contributed by atoms with Crippen LogP contribution < -0.4 is 5.32 Å². The molecule has 1 amide bonds. The van der Waals surface area contributed by atoms with E-state index in [9.17, 15) is 4.79 Å². The molecule has 3 heterocycles. The van der Waals surface area contributed by atoms with Gasteiger partial charge in [-0.05, 0) is 49.2 Å². The van der Waals surface area contributed by atoms with Gasteiger partial charge in [-0.3, -0.25) is 9.78 Å². The maximum absolute atomic E-state index is 12.8. The Hall–Kier alpha value is -2.70. The number of aromatic nitrogens is 2. The lowest BCUT2D eigenvalue weighted by Gasteiger charge is -2.12. The number of amides is 1. The van der Waals surface area contributed by atoms with Crippen molar-refractivity contribution in [2.75, 3.05) is 17.7 Å². The molecule has 6 heteroatoms. The van der Waals surface area contributed by atoms with Crippen LogP contribution in [0.25, 0.3) is 11.3 Å².